The van der Waals surface area contributed by atoms with Gasteiger partial charge in [-0.25, -0.2) is 4.98 Å². The molecule has 2 heterocycles. The lowest BCUT2D eigenvalue weighted by Gasteiger charge is -2.06. The molecule has 0 unspecified atom stereocenters. The fraction of sp³-hybridized carbons (Fsp3) is 0.125. The van der Waals surface area contributed by atoms with Gasteiger partial charge in [-0.15, -0.1) is 0 Å². The molecule has 0 atom stereocenters. The molecule has 23 heavy (non-hydrogen) atoms. The van der Waals surface area contributed by atoms with Crippen LogP contribution in [0.4, 0.5) is 5.69 Å². The van der Waals surface area contributed by atoms with E-state index in [1.165, 1.54) is 6.20 Å². The van der Waals surface area contributed by atoms with Crippen LogP contribution in [0, 0.1) is 6.92 Å². The van der Waals surface area contributed by atoms with Crippen molar-refractivity contribution >= 4 is 28.6 Å². The molecule has 0 aliphatic heterocycles. The van der Waals surface area contributed by atoms with Gasteiger partial charge in [0.2, 0.25) is 5.91 Å². The Morgan fingerprint density at radius 3 is 2.78 bits per heavy atom. The van der Waals surface area contributed by atoms with Gasteiger partial charge in [0.15, 0.2) is 0 Å². The Balaban J connectivity index is 1.60. The molecule has 0 spiro atoms. The normalized spacial score (nSPS) is 10.5. The molecule has 0 saturated heterocycles. The van der Waals surface area contributed by atoms with Gasteiger partial charge < -0.3 is 15.2 Å². The van der Waals surface area contributed by atoms with Gasteiger partial charge in [0.1, 0.15) is 0 Å². The molecule has 116 valence electrons. The summed E-state index contributed by atoms with van der Waals surface area (Å²) in [5.41, 5.74) is 2.13. The van der Waals surface area contributed by atoms with Crippen molar-refractivity contribution in [2.75, 3.05) is 11.9 Å². The molecule has 0 fully saturated rings. The molecule has 0 saturated carbocycles. The lowest BCUT2D eigenvalue weighted by molar-refractivity contribution is -0.115. The van der Waals surface area contributed by atoms with E-state index in [1.807, 2.05) is 6.07 Å². The van der Waals surface area contributed by atoms with Crippen molar-refractivity contribution in [3.8, 4) is 0 Å². The number of anilines is 1. The predicted molar refractivity (Wildman–Crippen MR) is 83.9 cm³/mol. The number of fused-ring (bicyclic) bond motifs is 1. The second kappa shape index (κ2) is 6.27. The standard InChI is InChI=1S/C16H14N4O3/c1-10-13-7-12(8-18-16(13)23-20-10)19-14(21)9-17-15(22)11-5-3-2-4-6-11/h2-8H,9H2,1H3,(H,17,22)(H,19,21). The Kier molecular flexibility index (Phi) is 4.01. The molecule has 7 nitrogen and oxygen atoms in total. The molecule has 3 aromatic rings. The zero-order chi connectivity index (χ0) is 16.2. The third-order valence-electron chi connectivity index (χ3n) is 3.24. The molecule has 1 aromatic carbocycles. The summed E-state index contributed by atoms with van der Waals surface area (Å²) in [4.78, 5) is 27.8. The van der Waals surface area contributed by atoms with Crippen LogP contribution in [0.15, 0.2) is 47.1 Å². The van der Waals surface area contributed by atoms with Crippen molar-refractivity contribution in [1.82, 2.24) is 15.5 Å². The fourth-order valence-corrected chi connectivity index (χ4v) is 2.07. The van der Waals surface area contributed by atoms with Crippen molar-refractivity contribution in [3.63, 3.8) is 0 Å². The molecule has 0 bridgehead atoms. The van der Waals surface area contributed by atoms with Gasteiger partial charge in [-0.3, -0.25) is 9.59 Å². The lowest BCUT2D eigenvalue weighted by Crippen LogP contribution is -2.32. The Morgan fingerprint density at radius 1 is 1.22 bits per heavy atom. The monoisotopic (exact) mass is 310 g/mol. The van der Waals surface area contributed by atoms with Crippen LogP contribution in [0.3, 0.4) is 0 Å². The third-order valence-corrected chi connectivity index (χ3v) is 3.24. The summed E-state index contributed by atoms with van der Waals surface area (Å²) >= 11 is 0. The summed E-state index contributed by atoms with van der Waals surface area (Å²) in [6.45, 7) is 1.66. The molecule has 2 aromatic heterocycles. The number of carbonyl (C=O) groups is 2. The van der Waals surface area contributed by atoms with Crippen LogP contribution in [-0.4, -0.2) is 28.5 Å². The molecular formula is C16H14N4O3. The Bertz CT molecular complexity index is 858. The van der Waals surface area contributed by atoms with Crippen LogP contribution in [0.2, 0.25) is 0 Å². The van der Waals surface area contributed by atoms with E-state index in [0.717, 1.165) is 5.39 Å². The Morgan fingerprint density at radius 2 is 2.00 bits per heavy atom. The van der Waals surface area contributed by atoms with E-state index in [9.17, 15) is 9.59 Å². The van der Waals surface area contributed by atoms with Crippen LogP contribution in [-0.2, 0) is 4.79 Å². The highest BCUT2D eigenvalue weighted by atomic mass is 16.5. The molecule has 7 heteroatoms. The number of aromatic nitrogens is 2. The number of benzene rings is 1. The molecule has 0 aliphatic rings. The highest BCUT2D eigenvalue weighted by Crippen LogP contribution is 2.19. The Labute approximate surface area is 131 Å². The summed E-state index contributed by atoms with van der Waals surface area (Å²) in [5, 5.41) is 9.77. The van der Waals surface area contributed by atoms with Gasteiger partial charge in [0.05, 0.1) is 29.5 Å². The number of nitrogens with one attached hydrogen (secondary N) is 2. The minimum Gasteiger partial charge on any atom is -0.343 e. The van der Waals surface area contributed by atoms with Crippen molar-refractivity contribution in [2.24, 2.45) is 0 Å². The van der Waals surface area contributed by atoms with Gasteiger partial charge in [-0.2, -0.15) is 0 Å². The third kappa shape index (κ3) is 3.34. The van der Waals surface area contributed by atoms with Crippen LogP contribution < -0.4 is 10.6 Å². The first-order valence-corrected chi connectivity index (χ1v) is 6.98. The zero-order valence-electron chi connectivity index (χ0n) is 12.4. The average molecular weight is 310 g/mol. The first-order valence-electron chi connectivity index (χ1n) is 6.98. The number of amides is 2. The average Bonchev–Trinajstić information content (AvgIpc) is 2.94. The summed E-state index contributed by atoms with van der Waals surface area (Å²) < 4.78 is 5.01. The van der Waals surface area contributed by atoms with Gasteiger partial charge in [-0.1, -0.05) is 23.4 Å². The molecule has 0 aliphatic carbocycles. The van der Waals surface area contributed by atoms with Crippen LogP contribution in [0.1, 0.15) is 16.1 Å². The largest absolute Gasteiger partial charge is 0.343 e. The second-order valence-corrected chi connectivity index (χ2v) is 4.94. The molecule has 2 amide bonds. The maximum atomic E-state index is 11.9. The topological polar surface area (TPSA) is 97.1 Å². The minimum absolute atomic E-state index is 0.131. The summed E-state index contributed by atoms with van der Waals surface area (Å²) in [5.74, 6) is -0.645. The summed E-state index contributed by atoms with van der Waals surface area (Å²) in [7, 11) is 0. The van der Waals surface area contributed by atoms with Crippen LogP contribution in [0.25, 0.3) is 11.1 Å². The smallest absolute Gasteiger partial charge is 0.258 e. The van der Waals surface area contributed by atoms with Crippen LogP contribution in [0.5, 0.6) is 0 Å². The van der Waals surface area contributed by atoms with E-state index in [1.54, 1.807) is 37.3 Å². The SMILES string of the molecule is Cc1noc2ncc(NC(=O)CNC(=O)c3ccccc3)cc12. The zero-order valence-corrected chi connectivity index (χ0v) is 12.4. The predicted octanol–water partition coefficient (Wildman–Crippen LogP) is 1.90. The molecule has 0 radical (unpaired) electrons. The fourth-order valence-electron chi connectivity index (χ4n) is 2.07. The van der Waals surface area contributed by atoms with E-state index in [4.69, 9.17) is 4.52 Å². The molecular weight excluding hydrogens is 296 g/mol. The van der Waals surface area contributed by atoms with Gasteiger partial charge in [-0.05, 0) is 25.1 Å². The number of pyridine rings is 1. The first kappa shape index (κ1) is 14.7. The highest BCUT2D eigenvalue weighted by Gasteiger charge is 2.10. The molecule has 3 rings (SSSR count). The quantitative estimate of drug-likeness (QED) is 0.767. The van der Waals surface area contributed by atoms with E-state index in [-0.39, 0.29) is 18.4 Å². The lowest BCUT2D eigenvalue weighted by atomic mass is 10.2. The number of hydrogen-bond donors (Lipinski definition) is 2. The summed E-state index contributed by atoms with van der Waals surface area (Å²) in [6.07, 6.45) is 1.48. The summed E-state index contributed by atoms with van der Waals surface area (Å²) in [6, 6.07) is 10.4. The number of rotatable bonds is 4. The maximum Gasteiger partial charge on any atom is 0.258 e. The number of hydrogen-bond acceptors (Lipinski definition) is 5. The van der Waals surface area contributed by atoms with Gasteiger partial charge in [0.25, 0.3) is 11.6 Å². The van der Waals surface area contributed by atoms with Crippen molar-refractivity contribution in [1.29, 1.82) is 0 Å². The van der Waals surface area contributed by atoms with Crippen LogP contribution >= 0.6 is 0 Å². The van der Waals surface area contributed by atoms with E-state index in [0.29, 0.717) is 22.7 Å². The van der Waals surface area contributed by atoms with Gasteiger partial charge in [0, 0.05) is 5.56 Å². The molecule has 2 N–H and O–H groups in total. The number of aryl methyl sites for hydroxylation is 1. The van der Waals surface area contributed by atoms with E-state index < -0.39 is 0 Å². The van der Waals surface area contributed by atoms with Crippen molar-refractivity contribution in [2.45, 2.75) is 6.92 Å². The maximum absolute atomic E-state index is 11.9. The highest BCUT2D eigenvalue weighted by molar-refractivity contribution is 5.99. The minimum atomic E-state index is -0.343. The van der Waals surface area contributed by atoms with Gasteiger partial charge >= 0.3 is 0 Å². The van der Waals surface area contributed by atoms with Crippen molar-refractivity contribution in [3.05, 3.63) is 53.9 Å². The number of nitrogens with zero attached hydrogens (tertiary/aromatic N) is 2. The Hall–Kier alpha value is -3.22. The van der Waals surface area contributed by atoms with E-state index >= 15 is 0 Å². The number of carbonyl (C=O) groups excluding carboxylic acids is 2. The van der Waals surface area contributed by atoms with E-state index in [2.05, 4.69) is 20.8 Å². The first-order chi connectivity index (χ1) is 11.1. The second-order valence-electron chi connectivity index (χ2n) is 4.94. The van der Waals surface area contributed by atoms with Crippen molar-refractivity contribution < 1.29 is 14.1 Å².